The number of ether oxygens (including phenoxy) is 2. The number of nitrogens with zero attached hydrogens (tertiary/aromatic N) is 2. The van der Waals surface area contributed by atoms with Crippen LogP contribution in [0.5, 0.6) is 11.5 Å². The Kier molecular flexibility index (Phi) is 6.89. The average molecular weight is 364 g/mol. The molecular formula is C20H33N3O3. The zero-order chi connectivity index (χ0) is 19.3. The minimum atomic E-state index is -0.557. The molecule has 0 spiro atoms. The summed E-state index contributed by atoms with van der Waals surface area (Å²) in [5, 5.41) is 0. The van der Waals surface area contributed by atoms with Gasteiger partial charge in [-0.2, -0.15) is 0 Å². The number of nitrogens with two attached hydrogens (primary N) is 1. The van der Waals surface area contributed by atoms with Crippen molar-refractivity contribution in [3.63, 3.8) is 0 Å². The van der Waals surface area contributed by atoms with Gasteiger partial charge in [-0.15, -0.1) is 0 Å². The van der Waals surface area contributed by atoms with E-state index in [1.54, 1.807) is 21.0 Å². The Morgan fingerprint density at radius 2 is 2.12 bits per heavy atom. The lowest BCUT2D eigenvalue weighted by Gasteiger charge is -2.23. The minimum absolute atomic E-state index is 0.0744. The molecule has 146 valence electrons. The van der Waals surface area contributed by atoms with Gasteiger partial charge < -0.3 is 20.1 Å². The molecule has 1 aliphatic rings. The van der Waals surface area contributed by atoms with Crippen molar-refractivity contribution < 1.29 is 14.3 Å². The monoisotopic (exact) mass is 363 g/mol. The summed E-state index contributed by atoms with van der Waals surface area (Å²) in [4.78, 5) is 16.0. The van der Waals surface area contributed by atoms with Crippen LogP contribution < -0.4 is 15.2 Å². The topological polar surface area (TPSA) is 68.0 Å². The number of hydrogen-bond acceptors (Lipinski definition) is 5. The molecule has 1 amide bonds. The van der Waals surface area contributed by atoms with E-state index in [0.717, 1.165) is 32.6 Å². The van der Waals surface area contributed by atoms with E-state index < -0.39 is 6.10 Å². The molecule has 0 aromatic heterocycles. The lowest BCUT2D eigenvalue weighted by Crippen LogP contribution is -2.35. The van der Waals surface area contributed by atoms with Crippen LogP contribution in [0, 0.1) is 5.41 Å². The molecule has 6 heteroatoms. The van der Waals surface area contributed by atoms with Gasteiger partial charge in [0.15, 0.2) is 17.6 Å². The smallest absolute Gasteiger partial charge is 0.262 e. The Morgan fingerprint density at radius 3 is 2.69 bits per heavy atom. The quantitative estimate of drug-likeness (QED) is 0.766. The number of likely N-dealkylation sites (N-methyl/N-ethyl adjacent to an activating group) is 1. The molecule has 0 aliphatic carbocycles. The van der Waals surface area contributed by atoms with Gasteiger partial charge in [-0.25, -0.2) is 0 Å². The lowest BCUT2D eigenvalue weighted by atomic mass is 9.90. The fourth-order valence-electron chi connectivity index (χ4n) is 3.31. The van der Waals surface area contributed by atoms with Gasteiger partial charge in [0.05, 0.1) is 6.61 Å². The summed E-state index contributed by atoms with van der Waals surface area (Å²) >= 11 is 0. The van der Waals surface area contributed by atoms with Crippen LogP contribution >= 0.6 is 0 Å². The highest BCUT2D eigenvalue weighted by Crippen LogP contribution is 2.33. The maximum absolute atomic E-state index is 12.0. The van der Waals surface area contributed by atoms with Gasteiger partial charge in [-0.1, -0.05) is 13.0 Å². The fourth-order valence-corrected chi connectivity index (χ4v) is 3.31. The summed E-state index contributed by atoms with van der Waals surface area (Å²) < 4.78 is 11.6. The normalized spacial score (nSPS) is 21.5. The number of carbonyl (C=O) groups is 1. The summed E-state index contributed by atoms with van der Waals surface area (Å²) in [5.41, 5.74) is 7.30. The van der Waals surface area contributed by atoms with Crippen LogP contribution in [0.4, 0.5) is 0 Å². The van der Waals surface area contributed by atoms with Crippen molar-refractivity contribution in [2.75, 3.05) is 40.3 Å². The number of hydrogen-bond donors (Lipinski definition) is 1. The molecule has 2 unspecified atom stereocenters. The second-order valence-corrected chi connectivity index (χ2v) is 7.68. The van der Waals surface area contributed by atoms with Crippen molar-refractivity contribution in [1.82, 2.24) is 9.80 Å². The molecule has 2 rings (SSSR count). The van der Waals surface area contributed by atoms with E-state index in [2.05, 4.69) is 11.8 Å². The summed E-state index contributed by atoms with van der Waals surface area (Å²) in [6.45, 7) is 10.1. The molecule has 6 nitrogen and oxygen atoms in total. The zero-order valence-electron chi connectivity index (χ0n) is 16.7. The molecular weight excluding hydrogens is 330 g/mol. The van der Waals surface area contributed by atoms with Gasteiger partial charge >= 0.3 is 0 Å². The second-order valence-electron chi connectivity index (χ2n) is 7.68. The van der Waals surface area contributed by atoms with E-state index in [9.17, 15) is 4.79 Å². The van der Waals surface area contributed by atoms with Crippen LogP contribution in [0.2, 0.25) is 0 Å². The van der Waals surface area contributed by atoms with Crippen molar-refractivity contribution in [3.8, 4) is 11.5 Å². The molecule has 1 heterocycles. The van der Waals surface area contributed by atoms with Gasteiger partial charge in [0, 0.05) is 27.2 Å². The summed E-state index contributed by atoms with van der Waals surface area (Å²) in [7, 11) is 3.44. The van der Waals surface area contributed by atoms with Crippen LogP contribution in [-0.4, -0.2) is 62.1 Å². The van der Waals surface area contributed by atoms with Crippen LogP contribution in [-0.2, 0) is 11.3 Å². The highest BCUT2D eigenvalue weighted by Gasteiger charge is 2.32. The first kappa shape index (κ1) is 20.5. The molecule has 0 bridgehead atoms. The maximum atomic E-state index is 12.0. The number of amides is 1. The second kappa shape index (κ2) is 8.73. The number of likely N-dealkylation sites (tertiary alicyclic amines) is 1. The average Bonchev–Trinajstić information content (AvgIpc) is 2.98. The van der Waals surface area contributed by atoms with Crippen LogP contribution in [0.15, 0.2) is 18.2 Å². The summed E-state index contributed by atoms with van der Waals surface area (Å²) in [6.07, 6.45) is 0.576. The van der Waals surface area contributed by atoms with Crippen molar-refractivity contribution in [2.45, 2.75) is 39.8 Å². The van der Waals surface area contributed by atoms with Crippen molar-refractivity contribution >= 4 is 5.91 Å². The Balaban J connectivity index is 2.09. The number of carbonyl (C=O) groups excluding carboxylic acids is 1. The highest BCUT2D eigenvalue weighted by atomic mass is 16.5. The maximum Gasteiger partial charge on any atom is 0.262 e. The molecule has 1 aliphatic heterocycles. The Bertz CT molecular complexity index is 620. The van der Waals surface area contributed by atoms with Gasteiger partial charge in [0.2, 0.25) is 0 Å². The Morgan fingerprint density at radius 1 is 1.38 bits per heavy atom. The molecule has 2 atom stereocenters. The minimum Gasteiger partial charge on any atom is -0.490 e. The van der Waals surface area contributed by atoms with Crippen LogP contribution in [0.1, 0.15) is 32.8 Å². The SMILES string of the molecule is CCOc1cc(CN2CCC(C)(CN)C2)ccc1OC(C)C(=O)N(C)C. The molecule has 26 heavy (non-hydrogen) atoms. The van der Waals surface area contributed by atoms with Crippen molar-refractivity contribution in [3.05, 3.63) is 23.8 Å². The van der Waals surface area contributed by atoms with E-state index in [0.29, 0.717) is 18.1 Å². The van der Waals surface area contributed by atoms with Gasteiger partial charge in [0.1, 0.15) is 0 Å². The van der Waals surface area contributed by atoms with E-state index in [1.807, 2.05) is 25.1 Å². The standard InChI is InChI=1S/C20H33N3O3/c1-6-25-18-11-16(12-23-10-9-20(3,13-21)14-23)7-8-17(18)26-15(2)19(24)22(4)5/h7-8,11,15H,6,9-10,12-14,21H2,1-5H3. The Labute approximate surface area is 157 Å². The van der Waals surface area contributed by atoms with Crippen LogP contribution in [0.3, 0.4) is 0 Å². The van der Waals surface area contributed by atoms with Gasteiger partial charge in [-0.3, -0.25) is 9.69 Å². The summed E-state index contributed by atoms with van der Waals surface area (Å²) in [5.74, 6) is 1.21. The molecule has 2 N–H and O–H groups in total. The van der Waals surface area contributed by atoms with E-state index in [-0.39, 0.29) is 11.3 Å². The van der Waals surface area contributed by atoms with Gasteiger partial charge in [-0.05, 0) is 56.5 Å². The fraction of sp³-hybridized carbons (Fsp3) is 0.650. The predicted octanol–water partition coefficient (Wildman–Crippen LogP) is 2.11. The Hall–Kier alpha value is -1.79. The first-order chi connectivity index (χ1) is 12.3. The molecule has 0 saturated carbocycles. The van der Waals surface area contributed by atoms with Gasteiger partial charge in [0.25, 0.3) is 5.91 Å². The molecule has 1 fully saturated rings. The van der Waals surface area contributed by atoms with E-state index in [1.165, 1.54) is 10.5 Å². The van der Waals surface area contributed by atoms with Crippen molar-refractivity contribution in [1.29, 1.82) is 0 Å². The van der Waals surface area contributed by atoms with Crippen molar-refractivity contribution in [2.24, 2.45) is 11.1 Å². The number of rotatable bonds is 8. The third-order valence-corrected chi connectivity index (χ3v) is 4.94. The third kappa shape index (κ3) is 5.11. The van der Waals surface area contributed by atoms with E-state index in [4.69, 9.17) is 15.2 Å². The lowest BCUT2D eigenvalue weighted by molar-refractivity contribution is -0.135. The molecule has 1 aromatic rings. The van der Waals surface area contributed by atoms with Crippen LogP contribution in [0.25, 0.3) is 0 Å². The number of benzene rings is 1. The molecule has 0 radical (unpaired) electrons. The molecule has 1 saturated heterocycles. The first-order valence-corrected chi connectivity index (χ1v) is 9.34. The zero-order valence-corrected chi connectivity index (χ0v) is 16.7. The highest BCUT2D eigenvalue weighted by molar-refractivity contribution is 5.80. The largest absolute Gasteiger partial charge is 0.490 e. The molecule has 1 aromatic carbocycles. The first-order valence-electron chi connectivity index (χ1n) is 9.34. The third-order valence-electron chi connectivity index (χ3n) is 4.94. The summed E-state index contributed by atoms with van der Waals surface area (Å²) in [6, 6.07) is 5.96. The predicted molar refractivity (Wildman–Crippen MR) is 103 cm³/mol. The van der Waals surface area contributed by atoms with E-state index >= 15 is 0 Å².